The molecule has 2 heteroatoms. The van der Waals surface area contributed by atoms with Crippen molar-refractivity contribution in [2.24, 2.45) is 0 Å². The van der Waals surface area contributed by atoms with Gasteiger partial charge in [0.15, 0.2) is 0 Å². The van der Waals surface area contributed by atoms with E-state index in [0.29, 0.717) is 0 Å². The minimum Gasteiger partial charge on any atom is -0.377 e. The van der Waals surface area contributed by atoms with Gasteiger partial charge in [-0.05, 0) is 29.2 Å². The van der Waals surface area contributed by atoms with Crippen LogP contribution in [-0.2, 0) is 4.74 Å². The SMILES string of the molecule is CCCCC(OC)c1ccc(-c2cccnc2)cc1. The first-order chi connectivity index (χ1) is 9.35. The van der Waals surface area contributed by atoms with Crippen molar-refractivity contribution in [2.45, 2.75) is 32.3 Å². The van der Waals surface area contributed by atoms with E-state index in [1.807, 2.05) is 12.3 Å². The Morgan fingerprint density at radius 2 is 1.89 bits per heavy atom. The molecule has 0 aliphatic carbocycles. The summed E-state index contributed by atoms with van der Waals surface area (Å²) in [7, 11) is 1.79. The van der Waals surface area contributed by atoms with E-state index in [0.717, 1.165) is 12.0 Å². The van der Waals surface area contributed by atoms with Crippen molar-refractivity contribution in [2.75, 3.05) is 7.11 Å². The van der Waals surface area contributed by atoms with Crippen LogP contribution in [0.3, 0.4) is 0 Å². The fourth-order valence-electron chi connectivity index (χ4n) is 2.23. The van der Waals surface area contributed by atoms with Crippen molar-refractivity contribution in [3.63, 3.8) is 0 Å². The Balaban J connectivity index is 2.13. The topological polar surface area (TPSA) is 22.1 Å². The molecule has 1 aromatic carbocycles. The number of nitrogens with zero attached hydrogens (tertiary/aromatic N) is 1. The van der Waals surface area contributed by atoms with Crippen LogP contribution in [0, 0.1) is 0 Å². The molecule has 1 atom stereocenters. The molecule has 0 amide bonds. The molecule has 0 aliphatic heterocycles. The van der Waals surface area contributed by atoms with Gasteiger partial charge in [0, 0.05) is 19.5 Å². The summed E-state index contributed by atoms with van der Waals surface area (Å²) in [5.41, 5.74) is 3.60. The Labute approximate surface area is 115 Å². The second-order valence-electron chi connectivity index (χ2n) is 4.73. The van der Waals surface area contributed by atoms with Crippen LogP contribution in [0.1, 0.15) is 37.9 Å². The summed E-state index contributed by atoms with van der Waals surface area (Å²) < 4.78 is 5.57. The van der Waals surface area contributed by atoms with Gasteiger partial charge < -0.3 is 4.74 Å². The number of benzene rings is 1. The molecular weight excluding hydrogens is 234 g/mol. The molecule has 1 unspecified atom stereocenters. The summed E-state index contributed by atoms with van der Waals surface area (Å²) in [4.78, 5) is 4.15. The summed E-state index contributed by atoms with van der Waals surface area (Å²) >= 11 is 0. The zero-order chi connectivity index (χ0) is 13.5. The molecule has 19 heavy (non-hydrogen) atoms. The van der Waals surface area contributed by atoms with Crippen LogP contribution in [0.4, 0.5) is 0 Å². The van der Waals surface area contributed by atoms with Crippen molar-refractivity contribution in [3.05, 3.63) is 54.4 Å². The molecule has 0 radical (unpaired) electrons. The molecule has 2 rings (SSSR count). The van der Waals surface area contributed by atoms with E-state index in [1.54, 1.807) is 13.3 Å². The fraction of sp³-hybridized carbons (Fsp3) is 0.353. The van der Waals surface area contributed by atoms with Gasteiger partial charge >= 0.3 is 0 Å². The lowest BCUT2D eigenvalue weighted by Crippen LogP contribution is -2.01. The summed E-state index contributed by atoms with van der Waals surface area (Å²) in [5.74, 6) is 0. The molecule has 0 saturated heterocycles. The molecule has 0 bridgehead atoms. The Hall–Kier alpha value is -1.67. The van der Waals surface area contributed by atoms with E-state index in [2.05, 4.69) is 42.2 Å². The maximum Gasteiger partial charge on any atom is 0.0821 e. The third-order valence-corrected chi connectivity index (χ3v) is 3.38. The third-order valence-electron chi connectivity index (χ3n) is 3.38. The van der Waals surface area contributed by atoms with E-state index in [-0.39, 0.29) is 6.10 Å². The van der Waals surface area contributed by atoms with Crippen molar-refractivity contribution >= 4 is 0 Å². The number of unbranched alkanes of at least 4 members (excludes halogenated alkanes) is 1. The normalized spacial score (nSPS) is 12.3. The highest BCUT2D eigenvalue weighted by atomic mass is 16.5. The Morgan fingerprint density at radius 3 is 2.47 bits per heavy atom. The average molecular weight is 255 g/mol. The summed E-state index contributed by atoms with van der Waals surface area (Å²) in [6, 6.07) is 12.6. The van der Waals surface area contributed by atoms with Crippen molar-refractivity contribution in [1.82, 2.24) is 4.98 Å². The number of hydrogen-bond donors (Lipinski definition) is 0. The van der Waals surface area contributed by atoms with E-state index in [4.69, 9.17) is 4.74 Å². The molecule has 0 saturated carbocycles. The van der Waals surface area contributed by atoms with E-state index in [9.17, 15) is 0 Å². The zero-order valence-corrected chi connectivity index (χ0v) is 11.7. The van der Waals surface area contributed by atoms with E-state index < -0.39 is 0 Å². The second-order valence-corrected chi connectivity index (χ2v) is 4.73. The number of pyridine rings is 1. The van der Waals surface area contributed by atoms with Crippen LogP contribution in [0.2, 0.25) is 0 Å². The molecule has 100 valence electrons. The molecule has 2 nitrogen and oxygen atoms in total. The number of methoxy groups -OCH3 is 1. The maximum absolute atomic E-state index is 5.57. The number of rotatable bonds is 6. The van der Waals surface area contributed by atoms with E-state index >= 15 is 0 Å². The van der Waals surface area contributed by atoms with E-state index in [1.165, 1.54) is 24.0 Å². The lowest BCUT2D eigenvalue weighted by molar-refractivity contribution is 0.0936. The minimum atomic E-state index is 0.211. The quantitative estimate of drug-likeness (QED) is 0.751. The molecule has 0 fully saturated rings. The standard InChI is InChI=1S/C17H21NO/c1-3-4-7-17(19-2)15-10-8-14(9-11-15)16-6-5-12-18-13-16/h5-6,8-13,17H,3-4,7H2,1-2H3. The lowest BCUT2D eigenvalue weighted by Gasteiger charge is -2.15. The van der Waals surface area contributed by atoms with Crippen molar-refractivity contribution in [1.29, 1.82) is 0 Å². The summed E-state index contributed by atoms with van der Waals surface area (Å²) in [5, 5.41) is 0. The zero-order valence-electron chi connectivity index (χ0n) is 11.7. The van der Waals surface area contributed by atoms with Crippen LogP contribution < -0.4 is 0 Å². The molecule has 2 aromatic rings. The highest BCUT2D eigenvalue weighted by Gasteiger charge is 2.09. The van der Waals surface area contributed by atoms with Gasteiger partial charge in [0.1, 0.15) is 0 Å². The Bertz CT molecular complexity index is 478. The minimum absolute atomic E-state index is 0.211. The van der Waals surface area contributed by atoms with Gasteiger partial charge in [0.25, 0.3) is 0 Å². The first-order valence-electron chi connectivity index (χ1n) is 6.88. The Kier molecular flexibility index (Phi) is 5.10. The first kappa shape index (κ1) is 13.8. The molecule has 1 heterocycles. The fourth-order valence-corrected chi connectivity index (χ4v) is 2.23. The van der Waals surface area contributed by atoms with Gasteiger partial charge in [-0.25, -0.2) is 0 Å². The van der Waals surface area contributed by atoms with Crippen LogP contribution in [-0.4, -0.2) is 12.1 Å². The van der Waals surface area contributed by atoms with Crippen LogP contribution in [0.25, 0.3) is 11.1 Å². The van der Waals surface area contributed by atoms with Crippen LogP contribution in [0.15, 0.2) is 48.8 Å². The largest absolute Gasteiger partial charge is 0.377 e. The van der Waals surface area contributed by atoms with Gasteiger partial charge in [-0.3, -0.25) is 4.98 Å². The van der Waals surface area contributed by atoms with Gasteiger partial charge in [0.2, 0.25) is 0 Å². The van der Waals surface area contributed by atoms with Crippen LogP contribution in [0.5, 0.6) is 0 Å². The monoisotopic (exact) mass is 255 g/mol. The molecular formula is C17H21NO. The predicted octanol–water partition coefficient (Wildman–Crippen LogP) is 4.63. The van der Waals surface area contributed by atoms with Crippen molar-refractivity contribution < 1.29 is 4.74 Å². The van der Waals surface area contributed by atoms with Gasteiger partial charge in [-0.2, -0.15) is 0 Å². The summed E-state index contributed by atoms with van der Waals surface area (Å²) in [6.07, 6.45) is 7.38. The summed E-state index contributed by atoms with van der Waals surface area (Å²) in [6.45, 7) is 2.21. The number of hydrogen-bond acceptors (Lipinski definition) is 2. The smallest absolute Gasteiger partial charge is 0.0821 e. The van der Waals surface area contributed by atoms with Crippen LogP contribution >= 0.6 is 0 Å². The first-order valence-corrected chi connectivity index (χ1v) is 6.88. The maximum atomic E-state index is 5.57. The molecule has 0 aliphatic rings. The highest BCUT2D eigenvalue weighted by Crippen LogP contribution is 2.25. The third kappa shape index (κ3) is 3.65. The van der Waals surface area contributed by atoms with Gasteiger partial charge in [-0.1, -0.05) is 50.1 Å². The van der Waals surface area contributed by atoms with Gasteiger partial charge in [0.05, 0.1) is 6.10 Å². The number of aromatic nitrogens is 1. The molecule has 0 N–H and O–H groups in total. The Morgan fingerprint density at radius 1 is 1.11 bits per heavy atom. The number of ether oxygens (including phenoxy) is 1. The lowest BCUT2D eigenvalue weighted by atomic mass is 10.0. The van der Waals surface area contributed by atoms with Crippen molar-refractivity contribution in [3.8, 4) is 11.1 Å². The predicted molar refractivity (Wildman–Crippen MR) is 78.9 cm³/mol. The molecule has 1 aromatic heterocycles. The van der Waals surface area contributed by atoms with Gasteiger partial charge in [-0.15, -0.1) is 0 Å². The highest BCUT2D eigenvalue weighted by molar-refractivity contribution is 5.62. The second kappa shape index (κ2) is 7.05. The molecule has 0 spiro atoms. The average Bonchev–Trinajstić information content (AvgIpc) is 2.49.